The van der Waals surface area contributed by atoms with Gasteiger partial charge in [0.15, 0.2) is 11.9 Å². The van der Waals surface area contributed by atoms with Crippen LogP contribution in [0.1, 0.15) is 84.5 Å². The van der Waals surface area contributed by atoms with Crippen molar-refractivity contribution in [1.82, 2.24) is 10.3 Å². The second-order valence-corrected chi connectivity index (χ2v) is 12.3. The molecule has 0 radical (unpaired) electrons. The molecule has 13 heteroatoms. The predicted molar refractivity (Wildman–Crippen MR) is 158 cm³/mol. The van der Waals surface area contributed by atoms with Crippen molar-refractivity contribution in [1.29, 1.82) is 5.41 Å². The molecule has 1 aliphatic heterocycles. The van der Waals surface area contributed by atoms with Gasteiger partial charge in [0.2, 0.25) is 0 Å². The minimum atomic E-state index is -1.45. The lowest BCUT2D eigenvalue weighted by Gasteiger charge is -2.27. The number of carbonyl (C=O) groups is 3. The maximum absolute atomic E-state index is 12.8. The highest BCUT2D eigenvalue weighted by Gasteiger charge is 2.56. The van der Waals surface area contributed by atoms with Crippen molar-refractivity contribution in [2.24, 2.45) is 22.6 Å². The number of methoxy groups -OCH3 is 1. The number of hydrogen-bond donors (Lipinski definition) is 5. The fourth-order valence-electron chi connectivity index (χ4n) is 5.21. The zero-order valence-electron chi connectivity index (χ0n) is 26.0. The quantitative estimate of drug-likeness (QED) is 0.135. The lowest BCUT2D eigenvalue weighted by Crippen LogP contribution is -2.46. The third kappa shape index (κ3) is 8.28. The molecule has 1 saturated carbocycles. The predicted octanol–water partition coefficient (Wildman–Crippen LogP) is 2.29. The summed E-state index contributed by atoms with van der Waals surface area (Å²) in [5.41, 5.74) is 4.11. The van der Waals surface area contributed by atoms with E-state index in [2.05, 4.69) is 15.3 Å². The highest BCUT2D eigenvalue weighted by atomic mass is 16.6. The van der Waals surface area contributed by atoms with Crippen LogP contribution in [0.15, 0.2) is 17.1 Å². The van der Waals surface area contributed by atoms with Gasteiger partial charge in [0, 0.05) is 13.5 Å². The fraction of sp³-hybridized carbons (Fsp3) is 0.700. The van der Waals surface area contributed by atoms with Gasteiger partial charge in [-0.05, 0) is 57.6 Å². The number of nitrogens with one attached hydrogen (secondary N) is 3. The van der Waals surface area contributed by atoms with E-state index in [-0.39, 0.29) is 30.2 Å². The van der Waals surface area contributed by atoms with Crippen LogP contribution in [-0.4, -0.2) is 83.8 Å². The number of rotatable bonds is 12. The number of hydrogen-bond acceptors (Lipinski definition) is 10. The summed E-state index contributed by atoms with van der Waals surface area (Å²) >= 11 is 0. The first-order valence-electron chi connectivity index (χ1n) is 14.8. The molecule has 13 nitrogen and oxygen atoms in total. The summed E-state index contributed by atoms with van der Waals surface area (Å²) in [6.45, 7) is 8.11. The molecule has 1 aliphatic carbocycles. The molecule has 43 heavy (non-hydrogen) atoms. The van der Waals surface area contributed by atoms with Crippen LogP contribution in [0.2, 0.25) is 0 Å². The monoisotopic (exact) mass is 605 g/mol. The minimum absolute atomic E-state index is 0.0477. The van der Waals surface area contributed by atoms with E-state index in [1.807, 2.05) is 0 Å². The summed E-state index contributed by atoms with van der Waals surface area (Å²) in [7, 11) is 1.40. The average molecular weight is 606 g/mol. The van der Waals surface area contributed by atoms with E-state index in [1.54, 1.807) is 46.8 Å². The van der Waals surface area contributed by atoms with Crippen LogP contribution in [0.25, 0.3) is 0 Å². The van der Waals surface area contributed by atoms with Crippen molar-refractivity contribution in [3.63, 3.8) is 0 Å². The SMILES string of the molecule is COC(C)(C)C(=O)NC(=NC=N)c1ccc([C@]2(C)O[C@H](COC(=O)CC3CCCCC3)[C@@H](OC(=O)[C@@H](N)C(C)C)[C@H]2O)[nH]1. The number of aliphatic hydroxyl groups is 1. The maximum atomic E-state index is 12.8. The molecular weight excluding hydrogens is 558 g/mol. The van der Waals surface area contributed by atoms with Crippen molar-refractivity contribution in [2.75, 3.05) is 13.7 Å². The topological polar surface area (TPSA) is 198 Å². The van der Waals surface area contributed by atoms with Gasteiger partial charge in [-0.3, -0.25) is 19.8 Å². The number of aromatic amines is 1. The number of H-pyrrole nitrogens is 1. The van der Waals surface area contributed by atoms with E-state index in [9.17, 15) is 19.5 Å². The Hall–Kier alpha value is -3.13. The largest absolute Gasteiger partial charge is 0.463 e. The summed E-state index contributed by atoms with van der Waals surface area (Å²) in [5.74, 6) is -1.44. The van der Waals surface area contributed by atoms with Gasteiger partial charge in [0.05, 0.1) is 11.4 Å². The van der Waals surface area contributed by atoms with E-state index in [1.165, 1.54) is 13.5 Å². The van der Waals surface area contributed by atoms with Gasteiger partial charge >= 0.3 is 11.9 Å². The molecule has 1 aromatic rings. The molecule has 1 aromatic heterocycles. The molecule has 5 atom stereocenters. The van der Waals surface area contributed by atoms with Crippen LogP contribution < -0.4 is 11.1 Å². The van der Waals surface area contributed by atoms with Crippen LogP contribution >= 0.6 is 0 Å². The summed E-state index contributed by atoms with van der Waals surface area (Å²) in [5, 5.41) is 21.6. The van der Waals surface area contributed by atoms with Gasteiger partial charge in [0.1, 0.15) is 42.4 Å². The normalized spacial score (nSPS) is 25.8. The zero-order chi connectivity index (χ0) is 31.9. The fourth-order valence-corrected chi connectivity index (χ4v) is 5.21. The summed E-state index contributed by atoms with van der Waals surface area (Å²) in [6, 6.07) is 2.30. The van der Waals surface area contributed by atoms with Gasteiger partial charge in [-0.1, -0.05) is 33.1 Å². The Balaban J connectivity index is 1.83. The molecule has 0 unspecified atom stereocenters. The second kappa shape index (κ2) is 14.6. The van der Waals surface area contributed by atoms with Crippen molar-refractivity contribution >= 4 is 30.0 Å². The van der Waals surface area contributed by atoms with Crippen LogP contribution in [0.3, 0.4) is 0 Å². The number of aromatic nitrogens is 1. The van der Waals surface area contributed by atoms with E-state index >= 15 is 0 Å². The molecule has 0 spiro atoms. The first kappa shape index (κ1) is 34.4. The number of nitrogens with two attached hydrogens (primary N) is 1. The number of nitrogens with zero attached hydrogens (tertiary/aromatic N) is 1. The van der Waals surface area contributed by atoms with E-state index < -0.39 is 47.4 Å². The van der Waals surface area contributed by atoms with Crippen molar-refractivity contribution < 1.29 is 38.4 Å². The Bertz CT molecular complexity index is 1180. The third-order valence-electron chi connectivity index (χ3n) is 8.43. The molecule has 2 aliphatic rings. The molecule has 1 amide bonds. The van der Waals surface area contributed by atoms with E-state index in [0.29, 0.717) is 17.8 Å². The number of esters is 2. The lowest BCUT2D eigenvalue weighted by atomic mass is 9.87. The number of aliphatic imine (C=N–C) groups is 1. The molecule has 3 rings (SSSR count). The second-order valence-electron chi connectivity index (χ2n) is 12.3. The third-order valence-corrected chi connectivity index (χ3v) is 8.43. The molecular formula is C30H47N5O8. The van der Waals surface area contributed by atoms with Gasteiger partial charge in [-0.25, -0.2) is 4.99 Å². The highest BCUT2D eigenvalue weighted by molar-refractivity contribution is 6.10. The Morgan fingerprint density at radius 2 is 1.95 bits per heavy atom. The average Bonchev–Trinajstić information content (AvgIpc) is 3.56. The first-order valence-corrected chi connectivity index (χ1v) is 14.8. The van der Waals surface area contributed by atoms with Gasteiger partial charge < -0.3 is 40.1 Å². The summed E-state index contributed by atoms with van der Waals surface area (Å²) in [4.78, 5) is 45.3. The summed E-state index contributed by atoms with van der Waals surface area (Å²) in [6.07, 6.45) is 2.88. The Morgan fingerprint density at radius 3 is 2.56 bits per heavy atom. The van der Waals surface area contributed by atoms with Crippen LogP contribution in [-0.2, 0) is 38.9 Å². The molecule has 1 saturated heterocycles. The van der Waals surface area contributed by atoms with Gasteiger partial charge in [0.25, 0.3) is 5.91 Å². The number of ether oxygens (including phenoxy) is 4. The van der Waals surface area contributed by atoms with E-state index in [0.717, 1.165) is 32.0 Å². The molecule has 6 N–H and O–H groups in total. The highest BCUT2D eigenvalue weighted by Crippen LogP contribution is 2.41. The van der Waals surface area contributed by atoms with Crippen molar-refractivity contribution in [2.45, 2.75) is 109 Å². The molecule has 2 heterocycles. The van der Waals surface area contributed by atoms with Gasteiger partial charge in [-0.15, -0.1) is 0 Å². The number of amidine groups is 1. The zero-order valence-corrected chi connectivity index (χ0v) is 26.0. The molecule has 0 bridgehead atoms. The van der Waals surface area contributed by atoms with Crippen LogP contribution in [0.4, 0.5) is 0 Å². The molecule has 0 aromatic carbocycles. The number of amides is 1. The number of carbonyl (C=O) groups excluding carboxylic acids is 3. The van der Waals surface area contributed by atoms with E-state index in [4.69, 9.17) is 30.1 Å². The Labute approximate surface area is 252 Å². The lowest BCUT2D eigenvalue weighted by molar-refractivity contribution is -0.162. The Morgan fingerprint density at radius 1 is 1.28 bits per heavy atom. The minimum Gasteiger partial charge on any atom is -0.463 e. The summed E-state index contributed by atoms with van der Waals surface area (Å²) < 4.78 is 22.8. The first-order chi connectivity index (χ1) is 20.2. The van der Waals surface area contributed by atoms with Gasteiger partial charge in [-0.2, -0.15) is 0 Å². The maximum Gasteiger partial charge on any atom is 0.323 e. The van der Waals surface area contributed by atoms with Crippen molar-refractivity contribution in [3.8, 4) is 0 Å². The standard InChI is InChI=1S/C30H47N5O8/c1-17(2)23(32)27(38)42-24-20(15-41-22(36)14-18-10-8-7-9-11-18)43-30(5,25(24)37)21-13-12-19(34-21)26(33-16-31)35-28(39)29(3,4)40-6/h12-13,16-18,20,23-25,34,37H,7-11,14-15,32H2,1-6H3,(H2,31,33,35,39)/t20-,23+,24-,25-,30+/m1/s1. The van der Waals surface area contributed by atoms with Crippen LogP contribution in [0.5, 0.6) is 0 Å². The Kier molecular flexibility index (Phi) is 11.6. The smallest absolute Gasteiger partial charge is 0.323 e. The molecule has 240 valence electrons. The van der Waals surface area contributed by atoms with Crippen molar-refractivity contribution in [3.05, 3.63) is 23.5 Å². The number of aliphatic hydroxyl groups excluding tert-OH is 1. The molecule has 2 fully saturated rings. The van der Waals surface area contributed by atoms with Crippen LogP contribution in [0, 0.1) is 17.2 Å².